The third-order valence-electron chi connectivity index (χ3n) is 4.52. The van der Waals surface area contributed by atoms with Crippen LogP contribution in [-0.2, 0) is 32.3 Å². The minimum atomic E-state index is -4.75. The van der Waals surface area contributed by atoms with Gasteiger partial charge >= 0.3 is 164 Å². The molecule has 0 aromatic rings. The minimum absolute atomic E-state index is 0.0597. The van der Waals surface area contributed by atoms with Crippen LogP contribution in [0.2, 0.25) is 0 Å². The first-order valence-corrected chi connectivity index (χ1v) is 12.5. The van der Waals surface area contributed by atoms with Crippen molar-refractivity contribution < 1.29 is 57.2 Å². The van der Waals surface area contributed by atoms with E-state index in [1.54, 1.807) is 7.85 Å². The number of ether oxygens (including phenoxy) is 3. The Hall–Kier alpha value is 0.350. The molecule has 16 heteroatoms. The Morgan fingerprint density at radius 3 is 2.04 bits per heavy atom. The van der Waals surface area contributed by atoms with Gasteiger partial charge in [0.2, 0.25) is 0 Å². The van der Waals surface area contributed by atoms with E-state index in [-0.39, 0.29) is 6.61 Å². The molecule has 2 saturated heterocycles. The second kappa shape index (κ2) is 9.65. The van der Waals surface area contributed by atoms with Gasteiger partial charge in [-0.3, -0.25) is 0 Å². The molecule has 2 aliphatic rings. The van der Waals surface area contributed by atoms with Crippen molar-refractivity contribution >= 4 is 31.5 Å². The van der Waals surface area contributed by atoms with E-state index in [1.807, 2.05) is 0 Å². The van der Waals surface area contributed by atoms with Crippen molar-refractivity contribution in [2.75, 3.05) is 27.0 Å². The second-order valence-corrected chi connectivity index (χ2v) is 10.4. The Morgan fingerprint density at radius 2 is 1.54 bits per heavy atom. The van der Waals surface area contributed by atoms with E-state index in [0.29, 0.717) is 0 Å². The monoisotopic (exact) mass is 448 g/mol. The molecular weight excluding hydrogens is 420 g/mol. The summed E-state index contributed by atoms with van der Waals surface area (Å²) in [4.78, 5) is 29.7. The van der Waals surface area contributed by atoms with Crippen LogP contribution in [0.4, 0.5) is 0 Å². The summed E-state index contributed by atoms with van der Waals surface area (Å²) < 4.78 is 42.6. The van der Waals surface area contributed by atoms with Gasteiger partial charge in [0.15, 0.2) is 0 Å². The van der Waals surface area contributed by atoms with Gasteiger partial charge in [-0.25, -0.2) is 0 Å². The predicted molar refractivity (Wildman–Crippen MR) is 102 cm³/mol. The maximum absolute atomic E-state index is 11.5. The second-order valence-electron chi connectivity index (χ2n) is 7.01. The van der Waals surface area contributed by atoms with Crippen LogP contribution in [0.1, 0.15) is 0 Å². The van der Waals surface area contributed by atoms with Gasteiger partial charge in [0.25, 0.3) is 0 Å². The fourth-order valence-electron chi connectivity index (χ4n) is 3.18. The Bertz CT molecular complexity index is 565. The SMILES string of the molecule is B[C@@H]1O[C@H](CO[PH](O)(O)OC2[C@@H](COC)O[C@@H](B)[C@H]2O)C(OP(C)(=O)O)[C@@H]1O. The fourth-order valence-corrected chi connectivity index (χ4v) is 4.98. The summed E-state index contributed by atoms with van der Waals surface area (Å²) in [5.74, 6) is 0. The van der Waals surface area contributed by atoms with Crippen LogP contribution in [0.15, 0.2) is 0 Å². The Labute approximate surface area is 165 Å². The molecule has 0 aliphatic carbocycles. The molecule has 0 saturated carbocycles. The van der Waals surface area contributed by atoms with Crippen molar-refractivity contribution in [2.45, 2.75) is 48.6 Å². The number of rotatable bonds is 9. The molecule has 9 atom stereocenters. The van der Waals surface area contributed by atoms with Crippen molar-refractivity contribution in [1.29, 1.82) is 0 Å². The normalized spacial score (nSPS) is 41.8. The van der Waals surface area contributed by atoms with Gasteiger partial charge in [-0.05, 0) is 0 Å². The van der Waals surface area contributed by atoms with Gasteiger partial charge in [0, 0.05) is 0 Å². The van der Waals surface area contributed by atoms with E-state index in [4.69, 9.17) is 27.8 Å². The summed E-state index contributed by atoms with van der Waals surface area (Å²) >= 11 is 0. The van der Waals surface area contributed by atoms with Gasteiger partial charge in [-0.15, -0.1) is 0 Å². The number of aliphatic hydroxyl groups is 2. The van der Waals surface area contributed by atoms with Gasteiger partial charge in [-0.1, -0.05) is 0 Å². The zero-order valence-electron chi connectivity index (χ0n) is 16.1. The first-order chi connectivity index (χ1) is 12.8. The summed E-state index contributed by atoms with van der Waals surface area (Å²) in [6, 6.07) is -1.33. The number of aliphatic hydroxyl groups excluding tert-OH is 2. The molecule has 12 nitrogen and oxygen atoms in total. The quantitative estimate of drug-likeness (QED) is 0.172. The average Bonchev–Trinajstić information content (AvgIpc) is 2.97. The molecule has 2 heterocycles. The molecule has 2 fully saturated rings. The number of hydrogen-bond acceptors (Lipinski definition) is 11. The van der Waals surface area contributed by atoms with Gasteiger partial charge in [0.1, 0.15) is 0 Å². The van der Waals surface area contributed by atoms with E-state index in [1.165, 1.54) is 15.0 Å². The van der Waals surface area contributed by atoms with E-state index in [9.17, 15) is 29.5 Å². The van der Waals surface area contributed by atoms with Crippen LogP contribution in [-0.4, -0.2) is 116 Å². The molecule has 5 N–H and O–H groups in total. The molecule has 0 amide bonds. The Morgan fingerprint density at radius 1 is 1.04 bits per heavy atom. The molecule has 28 heavy (non-hydrogen) atoms. The molecular formula is C12H28B2O12P2. The van der Waals surface area contributed by atoms with Crippen molar-refractivity contribution in [3.63, 3.8) is 0 Å². The van der Waals surface area contributed by atoms with E-state index in [0.717, 1.165) is 6.66 Å². The molecule has 0 bridgehead atoms. The zero-order valence-corrected chi connectivity index (χ0v) is 18.0. The zero-order chi connectivity index (χ0) is 21.3. The average molecular weight is 448 g/mol. The maximum atomic E-state index is 11.5. The van der Waals surface area contributed by atoms with E-state index in [2.05, 4.69) is 0 Å². The van der Waals surface area contributed by atoms with Crippen LogP contribution in [0.25, 0.3) is 0 Å². The summed E-state index contributed by atoms with van der Waals surface area (Å²) in [6.45, 7) is 0.531. The summed E-state index contributed by atoms with van der Waals surface area (Å²) in [5, 5.41) is 20.2. The van der Waals surface area contributed by atoms with Crippen molar-refractivity contribution in [2.24, 2.45) is 0 Å². The topological polar surface area (TPSA) is 174 Å². The van der Waals surface area contributed by atoms with Gasteiger partial charge < -0.3 is 0 Å². The van der Waals surface area contributed by atoms with Crippen LogP contribution in [0.3, 0.4) is 0 Å². The molecule has 0 aromatic carbocycles. The van der Waals surface area contributed by atoms with Crippen LogP contribution >= 0.6 is 15.8 Å². The van der Waals surface area contributed by atoms with Crippen LogP contribution < -0.4 is 0 Å². The first-order valence-electron chi connectivity index (χ1n) is 8.76. The Kier molecular flexibility index (Phi) is 8.49. The van der Waals surface area contributed by atoms with Crippen LogP contribution in [0.5, 0.6) is 0 Å². The molecule has 0 spiro atoms. The summed E-state index contributed by atoms with van der Waals surface area (Å²) in [5.41, 5.74) is 0. The third-order valence-corrected chi connectivity index (χ3v) is 6.28. The van der Waals surface area contributed by atoms with E-state index < -0.39 is 71.0 Å². The fraction of sp³-hybridized carbons (Fsp3) is 1.00. The van der Waals surface area contributed by atoms with Crippen molar-refractivity contribution in [3.05, 3.63) is 0 Å². The van der Waals surface area contributed by atoms with Crippen molar-refractivity contribution in [3.8, 4) is 0 Å². The summed E-state index contributed by atoms with van der Waals surface area (Å²) in [6.07, 6.45) is -6.41. The Balaban J connectivity index is 1.98. The van der Waals surface area contributed by atoms with Gasteiger partial charge in [0.05, 0.1) is 0 Å². The molecule has 164 valence electrons. The molecule has 0 aromatic heterocycles. The summed E-state index contributed by atoms with van der Waals surface area (Å²) in [7, 11) is -4.14. The molecule has 0 radical (unpaired) electrons. The molecule has 2 rings (SSSR count). The van der Waals surface area contributed by atoms with Crippen LogP contribution in [0, 0.1) is 0 Å². The standard InChI is InChI=1S/C12H28B2O12P2/c1-21-3-5-10(8(16)12(14)23-5)26-28(19,20)22-4-6-9(25-27(2,17)18)7(15)11(13)24-6/h5-12,15-16,19-20,28H,3-4,13-14H2,1-2H3,(H,17,18)/t5-,6-,7+,8+,9?,10?,11-,12-/m1/s1. The number of hydrogen-bond donors (Lipinski definition) is 5. The van der Waals surface area contributed by atoms with Gasteiger partial charge in [-0.2, -0.15) is 0 Å². The number of methoxy groups -OCH3 is 1. The molecule has 3 unspecified atom stereocenters. The third kappa shape index (κ3) is 6.42. The first kappa shape index (κ1) is 24.6. The molecule has 2 aliphatic heterocycles. The predicted octanol–water partition coefficient (Wildman–Crippen LogP) is -3.93. The van der Waals surface area contributed by atoms with Crippen molar-refractivity contribution in [1.82, 2.24) is 0 Å². The van der Waals surface area contributed by atoms with E-state index >= 15 is 0 Å².